The molecule has 7 nitrogen and oxygen atoms in total. The molecule has 0 aliphatic carbocycles. The van der Waals surface area contributed by atoms with Crippen molar-refractivity contribution < 1.29 is 14.6 Å². The smallest absolute Gasteiger partial charge is 0.158 e. The van der Waals surface area contributed by atoms with Crippen LogP contribution in [0.4, 0.5) is 5.82 Å². The van der Waals surface area contributed by atoms with E-state index in [1.165, 1.54) is 11.2 Å². The predicted molar refractivity (Wildman–Crippen MR) is 104 cm³/mol. The van der Waals surface area contributed by atoms with E-state index in [4.69, 9.17) is 4.74 Å². The van der Waals surface area contributed by atoms with Crippen LogP contribution in [0.2, 0.25) is 0 Å². The number of carbonyl (C=O) groups is 1. The van der Waals surface area contributed by atoms with Crippen LogP contribution in [0.1, 0.15) is 29.3 Å². The number of ether oxygens (including phenoxy) is 1. The fourth-order valence-electron chi connectivity index (χ4n) is 2.62. The van der Waals surface area contributed by atoms with E-state index >= 15 is 0 Å². The normalized spacial score (nSPS) is 11.6. The molecule has 0 amide bonds. The highest BCUT2D eigenvalue weighted by atomic mass is 32.1. The molecule has 0 aliphatic rings. The minimum atomic E-state index is -1.26. The Hall–Kier alpha value is -3.00. The highest BCUT2D eigenvalue weighted by molar-refractivity contribution is 7.18. The number of carbonyl (C=O) groups excluding carboxylic acids is 1. The molecule has 0 aliphatic heterocycles. The number of aromatic nitrogens is 2. The van der Waals surface area contributed by atoms with Crippen molar-refractivity contribution in [3.63, 3.8) is 0 Å². The van der Waals surface area contributed by atoms with Crippen molar-refractivity contribution in [3.8, 4) is 5.75 Å². The van der Waals surface area contributed by atoms with Gasteiger partial charge in [0, 0.05) is 4.88 Å². The van der Waals surface area contributed by atoms with Gasteiger partial charge in [0.15, 0.2) is 5.82 Å². The molecule has 1 N–H and O–H groups in total. The van der Waals surface area contributed by atoms with E-state index in [1.807, 2.05) is 19.1 Å². The maximum atomic E-state index is 10.5. The summed E-state index contributed by atoms with van der Waals surface area (Å²) < 4.78 is 5.10. The van der Waals surface area contributed by atoms with Crippen LogP contribution in [0, 0.1) is 13.8 Å². The molecule has 27 heavy (non-hydrogen) atoms. The third-order valence-corrected chi connectivity index (χ3v) is 5.26. The number of thiophene rings is 1. The summed E-state index contributed by atoms with van der Waals surface area (Å²) in [5.41, 5.74) is 5.98. The van der Waals surface area contributed by atoms with Crippen molar-refractivity contribution in [1.82, 2.24) is 9.97 Å². The van der Waals surface area contributed by atoms with E-state index in [9.17, 15) is 9.90 Å². The van der Waals surface area contributed by atoms with E-state index in [0.717, 1.165) is 27.1 Å². The largest absolute Gasteiger partial charge is 0.546 e. The highest BCUT2D eigenvalue weighted by Crippen LogP contribution is 2.32. The number of carboxylic acid groups (broad SMARTS) is 1. The number of aryl methyl sites for hydroxylation is 2. The molecule has 0 spiro atoms. The molecule has 0 bridgehead atoms. The fraction of sp³-hybridized carbons (Fsp3) is 0.263. The number of hydrogen-bond acceptors (Lipinski definition) is 8. The minimum absolute atomic E-state index is 0.466. The number of rotatable bonds is 7. The quantitative estimate of drug-likeness (QED) is 0.497. The van der Waals surface area contributed by atoms with Gasteiger partial charge in [0.2, 0.25) is 0 Å². The number of fused-ring (bicyclic) bond motifs is 1. The molecule has 0 fully saturated rings. The number of carboxylic acids is 1. The Kier molecular flexibility index (Phi) is 5.66. The third kappa shape index (κ3) is 4.22. The van der Waals surface area contributed by atoms with Gasteiger partial charge in [-0.25, -0.2) is 9.97 Å². The summed E-state index contributed by atoms with van der Waals surface area (Å²) >= 11 is 1.64. The van der Waals surface area contributed by atoms with Crippen molar-refractivity contribution in [2.75, 3.05) is 12.0 Å². The second-order valence-corrected chi connectivity index (χ2v) is 7.10. The Morgan fingerprint density at radius 3 is 2.67 bits per heavy atom. The number of anilines is 1. The highest BCUT2D eigenvalue weighted by Gasteiger charge is 2.12. The summed E-state index contributed by atoms with van der Waals surface area (Å²) in [7, 11) is 0. The second kappa shape index (κ2) is 8.13. The molecule has 2 heterocycles. The molecule has 0 unspecified atom stereocenters. The first-order valence-corrected chi connectivity index (χ1v) is 9.27. The Bertz CT molecular complexity index is 996. The van der Waals surface area contributed by atoms with Gasteiger partial charge in [-0.2, -0.15) is 5.10 Å². The lowest BCUT2D eigenvalue weighted by Crippen LogP contribution is -2.28. The molecular weight excluding hydrogens is 364 g/mol. The van der Waals surface area contributed by atoms with Crippen LogP contribution in [-0.2, 0) is 4.79 Å². The van der Waals surface area contributed by atoms with Gasteiger partial charge in [-0.05, 0) is 55.7 Å². The first-order valence-electron chi connectivity index (χ1n) is 8.46. The van der Waals surface area contributed by atoms with Crippen molar-refractivity contribution in [1.29, 1.82) is 0 Å². The van der Waals surface area contributed by atoms with Crippen LogP contribution >= 0.6 is 11.3 Å². The van der Waals surface area contributed by atoms with Crippen molar-refractivity contribution in [2.24, 2.45) is 5.10 Å². The van der Waals surface area contributed by atoms with Gasteiger partial charge >= 0.3 is 0 Å². The fourth-order valence-corrected chi connectivity index (χ4v) is 3.62. The lowest BCUT2D eigenvalue weighted by molar-refractivity contribution is -0.307. The van der Waals surface area contributed by atoms with Crippen LogP contribution < -0.4 is 15.3 Å². The summed E-state index contributed by atoms with van der Waals surface area (Å²) in [6, 6.07) is 7.09. The third-order valence-electron chi connectivity index (χ3n) is 4.14. The molecule has 0 saturated carbocycles. The Morgan fingerprint density at radius 1 is 1.26 bits per heavy atom. The summed E-state index contributed by atoms with van der Waals surface area (Å²) in [5.74, 6) is -0.107. The van der Waals surface area contributed by atoms with Crippen LogP contribution in [-0.4, -0.2) is 28.3 Å². The van der Waals surface area contributed by atoms with Gasteiger partial charge in [0.25, 0.3) is 0 Å². The van der Waals surface area contributed by atoms with Crippen LogP contribution in [0.3, 0.4) is 0 Å². The van der Waals surface area contributed by atoms with Crippen molar-refractivity contribution in [2.45, 2.75) is 27.2 Å². The molecule has 3 rings (SSSR count). The maximum Gasteiger partial charge on any atom is 0.158 e. The molecule has 140 valence electrons. The van der Waals surface area contributed by atoms with Gasteiger partial charge < -0.3 is 14.6 Å². The van der Waals surface area contributed by atoms with E-state index in [2.05, 4.69) is 34.3 Å². The van der Waals surface area contributed by atoms with Gasteiger partial charge in [0.05, 0.1) is 17.1 Å². The maximum absolute atomic E-state index is 10.5. The summed E-state index contributed by atoms with van der Waals surface area (Å²) in [6.45, 7) is 5.66. The van der Waals surface area contributed by atoms with Crippen molar-refractivity contribution >= 4 is 39.1 Å². The molecule has 3 aromatic rings. The average molecular weight is 383 g/mol. The zero-order chi connectivity index (χ0) is 19.4. The van der Waals surface area contributed by atoms with E-state index in [1.54, 1.807) is 23.5 Å². The Balaban J connectivity index is 1.82. The first kappa shape index (κ1) is 18.8. The van der Waals surface area contributed by atoms with Gasteiger partial charge in [0.1, 0.15) is 23.5 Å². The van der Waals surface area contributed by atoms with E-state index in [-0.39, 0.29) is 0 Å². The molecule has 2 aromatic heterocycles. The topological polar surface area (TPSA) is 99.5 Å². The number of aliphatic carboxylic acids is 1. The van der Waals surface area contributed by atoms with Crippen LogP contribution in [0.5, 0.6) is 5.75 Å². The Labute approximate surface area is 160 Å². The lowest BCUT2D eigenvalue weighted by Gasteiger charge is -2.09. The zero-order valence-corrected chi connectivity index (χ0v) is 16.1. The summed E-state index contributed by atoms with van der Waals surface area (Å²) in [4.78, 5) is 21.3. The molecule has 8 heteroatoms. The molecule has 0 atom stereocenters. The number of nitrogens with one attached hydrogen (secondary N) is 1. The zero-order valence-electron chi connectivity index (χ0n) is 15.3. The summed E-state index contributed by atoms with van der Waals surface area (Å²) in [6.07, 6.45) is 2.24. The van der Waals surface area contributed by atoms with E-state index in [0.29, 0.717) is 18.0 Å². The van der Waals surface area contributed by atoms with E-state index < -0.39 is 12.6 Å². The number of hydrogen-bond donors (Lipinski definition) is 1. The number of benzene rings is 1. The van der Waals surface area contributed by atoms with Gasteiger partial charge in [-0.3, -0.25) is 5.43 Å². The van der Waals surface area contributed by atoms with Gasteiger partial charge in [-0.15, -0.1) is 11.3 Å². The predicted octanol–water partition coefficient (Wildman–Crippen LogP) is 2.66. The molecular formula is C19H19N4O3S-. The lowest BCUT2D eigenvalue weighted by atomic mass is 10.1. The Morgan fingerprint density at radius 2 is 2.00 bits per heavy atom. The first-order chi connectivity index (χ1) is 13.0. The standard InChI is InChI=1S/C19H20N4O3S/c1-4-15(13-5-7-14(8-6-13)26-9-16(24)25)22-23-18-17-11(2)12(3)27-19(17)21-10-20-18/h5-8,10H,4,9H2,1-3H3,(H,24,25)(H,20,21,23)/p-1/b22-15-. The van der Waals surface area contributed by atoms with Crippen molar-refractivity contribution in [3.05, 3.63) is 46.6 Å². The monoisotopic (exact) mass is 383 g/mol. The minimum Gasteiger partial charge on any atom is -0.546 e. The summed E-state index contributed by atoms with van der Waals surface area (Å²) in [5, 5.41) is 16.0. The molecule has 0 saturated heterocycles. The second-order valence-electron chi connectivity index (χ2n) is 5.89. The van der Waals surface area contributed by atoms with Crippen LogP contribution in [0.25, 0.3) is 10.2 Å². The number of hydrazone groups is 1. The average Bonchev–Trinajstić information content (AvgIpc) is 2.96. The SMILES string of the molecule is CC/C(=N/Nc1ncnc2sc(C)c(C)c12)c1ccc(OCC(=O)[O-])cc1. The molecule has 0 radical (unpaired) electrons. The molecule has 1 aromatic carbocycles. The number of nitrogens with zero attached hydrogens (tertiary/aromatic N) is 3. The van der Waals surface area contributed by atoms with Crippen LogP contribution in [0.15, 0.2) is 35.7 Å². The van der Waals surface area contributed by atoms with Gasteiger partial charge in [-0.1, -0.05) is 6.92 Å².